The van der Waals surface area contributed by atoms with Gasteiger partial charge in [0.25, 0.3) is 0 Å². The van der Waals surface area contributed by atoms with E-state index in [4.69, 9.17) is 14.6 Å². The number of carbonyl (C=O) groups excluding carboxylic acids is 3. The van der Waals surface area contributed by atoms with Crippen LogP contribution >= 0.6 is 0 Å². The number of aryl methyl sites for hydroxylation is 1. The van der Waals surface area contributed by atoms with Gasteiger partial charge in [-0.1, -0.05) is 86.9 Å². The number of nitrogens with one attached hydrogen (secondary N) is 1. The van der Waals surface area contributed by atoms with Gasteiger partial charge in [-0.3, -0.25) is 19.4 Å². The maximum Gasteiger partial charge on any atom is 0.569 e. The summed E-state index contributed by atoms with van der Waals surface area (Å²) < 4.78 is 96.7. The first-order chi connectivity index (χ1) is 48.8. The lowest BCUT2D eigenvalue weighted by atomic mass is 9.77. The number of halogens is 3. The van der Waals surface area contributed by atoms with Crippen LogP contribution in [-0.4, -0.2) is 183 Å². The number of hydrogen-bond donors (Lipinski definition) is 4. The first kappa shape index (κ1) is 81.1. The van der Waals surface area contributed by atoms with E-state index >= 15 is 0 Å². The Labute approximate surface area is 610 Å². The molecular weight excluding hydrogens is 1390 g/mol. The van der Waals surface area contributed by atoms with E-state index in [2.05, 4.69) is 171 Å². The van der Waals surface area contributed by atoms with Gasteiger partial charge >= 0.3 is 21.0 Å². The zero-order chi connectivity index (χ0) is 76.7. The highest BCUT2D eigenvalue weighted by atomic mass is 32.2. The smallest absolute Gasteiger partial charge is 0.542 e. The number of unbranched alkanes of at least 4 members (excludes halogenated alkanes) is 1. The van der Waals surface area contributed by atoms with Gasteiger partial charge < -0.3 is 39.8 Å². The molecule has 27 heteroatoms. The van der Waals surface area contributed by atoms with Crippen molar-refractivity contribution in [1.82, 2.24) is 23.7 Å². The number of Topliss-reactive ketones (excluding diaryl/α,β-unsaturated/α-hetero) is 1. The van der Waals surface area contributed by atoms with Crippen LogP contribution in [0.3, 0.4) is 0 Å². The number of fused-ring (bicyclic) bond motifs is 4. The van der Waals surface area contributed by atoms with E-state index in [9.17, 15) is 54.7 Å². The Balaban J connectivity index is 0.00000186. The first-order valence-corrected chi connectivity index (χ1v) is 39.7. The minimum atomic E-state index is -5.19. The van der Waals surface area contributed by atoms with Crippen molar-refractivity contribution in [2.24, 2.45) is 0 Å². The minimum absolute atomic E-state index is 0.0122. The Hall–Kier alpha value is -8.60. The molecule has 7 aromatic rings. The Bertz CT molecular complexity index is 4880. The molecule has 7 aromatic carbocycles. The van der Waals surface area contributed by atoms with Crippen molar-refractivity contribution in [3.05, 3.63) is 208 Å². The molecule has 9 rings (SSSR count). The number of anilines is 1. The number of hydrogen-bond acceptors (Lipinski definition) is 15. The van der Waals surface area contributed by atoms with Crippen molar-refractivity contribution >= 4 is 110 Å². The number of carboxylic acid groups (broad SMARTS) is 1. The summed E-state index contributed by atoms with van der Waals surface area (Å²) >= 11 is 0. The molecule has 0 spiro atoms. The minimum Gasteiger partial charge on any atom is -0.542 e. The van der Waals surface area contributed by atoms with Gasteiger partial charge in [-0.05, 0) is 206 Å². The summed E-state index contributed by atoms with van der Waals surface area (Å²) in [6.45, 7) is 20.1. The monoisotopic (exact) mass is 1480 g/mol. The lowest BCUT2D eigenvalue weighted by molar-refractivity contribution is -0.462. The highest BCUT2D eigenvalue weighted by Crippen LogP contribution is 2.44. The average molecular weight is 1480 g/mol. The second-order valence-corrected chi connectivity index (χ2v) is 36.3. The lowest BCUT2D eigenvalue weighted by Gasteiger charge is -2.38. The highest BCUT2D eigenvalue weighted by Gasteiger charge is 2.41. The van der Waals surface area contributed by atoms with Gasteiger partial charge in [0.2, 0.25) is 26.0 Å². The molecule has 4 N–H and O–H groups in total. The molecule has 2 aliphatic rings. The van der Waals surface area contributed by atoms with Gasteiger partial charge in [-0.25, -0.2) is 30.0 Å². The van der Waals surface area contributed by atoms with E-state index in [1.54, 1.807) is 26.0 Å². The standard InChI is InChI=1S/C75H90B2N7O10S2Si.C2HF3O2/c1-49(2)70(85)23-18-19-35-83(46-56-41-60(96(92,93)82(12)13)28-33-71(56)94-76-87)48-68-62-22-17-16-21-61(62)67(47-84(36-20-34-78-75(86)50(3)4)45-55-40-59(95(90,91)81(10)11)27-32-69(55)77(88)89)63-29-24-52(42-66(63)68)53-37-51(5)38-54(39-53)74-64-30-25-57(79(6)7)43-72(64)97(14,15)73-44-58(80(8)9)26-31-65(73)74;3-2(4,5)1(6)7/h16-17,21-22,24-33,37-44,87-89H,1,3,18-20,23,34-36,45-48H2,2,4-15H3;(H,6,7). The van der Waals surface area contributed by atoms with Gasteiger partial charge in [0, 0.05) is 117 Å². The van der Waals surface area contributed by atoms with Crippen LogP contribution in [0.5, 0.6) is 5.75 Å². The van der Waals surface area contributed by atoms with Crippen LogP contribution in [0.4, 0.5) is 18.9 Å². The zero-order valence-electron chi connectivity index (χ0n) is 61.2. The van der Waals surface area contributed by atoms with Gasteiger partial charge in [0.1, 0.15) is 33.9 Å². The van der Waals surface area contributed by atoms with Gasteiger partial charge in [-0.15, -0.1) is 0 Å². The van der Waals surface area contributed by atoms with E-state index in [1.165, 1.54) is 79.5 Å². The third-order valence-corrected chi connectivity index (χ3v) is 25.9. The molecule has 1 heterocycles. The number of alkyl halides is 3. The number of ketones is 1. The van der Waals surface area contributed by atoms with E-state index in [-0.39, 0.29) is 52.3 Å². The Morgan fingerprint density at radius 2 is 1.25 bits per heavy atom. The van der Waals surface area contributed by atoms with Gasteiger partial charge in [0.15, 0.2) is 11.5 Å². The number of nitrogens with zero attached hydrogens (tertiary/aromatic N) is 6. The lowest BCUT2D eigenvalue weighted by Crippen LogP contribution is -2.49. The molecule has 549 valence electrons. The molecule has 1 aliphatic heterocycles. The van der Waals surface area contributed by atoms with Crippen LogP contribution in [0.1, 0.15) is 78.5 Å². The van der Waals surface area contributed by atoms with Crippen molar-refractivity contribution < 1.29 is 73.8 Å². The molecule has 0 bridgehead atoms. The fourth-order valence-electron chi connectivity index (χ4n) is 13.1. The number of allylic oxidation sites excluding steroid dienone is 6. The maximum atomic E-state index is 13.8. The normalized spacial score (nSPS) is 13.6. The number of sulfonamides is 2. The largest absolute Gasteiger partial charge is 0.569 e. The van der Waals surface area contributed by atoms with Gasteiger partial charge in [0.05, 0.1) is 9.79 Å². The molecule has 0 saturated heterocycles. The molecule has 0 unspecified atom stereocenters. The summed E-state index contributed by atoms with van der Waals surface area (Å²) in [6.07, 6.45) is 3.59. The number of carboxylic acids is 1. The number of amides is 1. The van der Waals surface area contributed by atoms with Crippen LogP contribution in [0.2, 0.25) is 13.1 Å². The van der Waals surface area contributed by atoms with Crippen molar-refractivity contribution in [3.8, 4) is 16.9 Å². The van der Waals surface area contributed by atoms with Crippen LogP contribution in [0.25, 0.3) is 38.2 Å². The number of carbonyl (C=O) groups is 3. The number of benzene rings is 7. The van der Waals surface area contributed by atoms with E-state index in [0.717, 1.165) is 74.9 Å². The maximum absolute atomic E-state index is 13.8. The average Bonchev–Trinajstić information content (AvgIpc) is 0.722. The van der Waals surface area contributed by atoms with Gasteiger partial charge in [-0.2, -0.15) is 13.2 Å². The van der Waals surface area contributed by atoms with E-state index in [1.807, 2.05) is 12.1 Å². The molecule has 0 aromatic heterocycles. The van der Waals surface area contributed by atoms with Crippen LogP contribution in [0.15, 0.2) is 178 Å². The van der Waals surface area contributed by atoms with E-state index < -0.39 is 47.4 Å². The molecule has 1 aliphatic carbocycles. The number of aliphatic carboxylic acids is 1. The Morgan fingerprint density at radius 1 is 0.683 bits per heavy atom. The predicted molar refractivity (Wildman–Crippen MR) is 408 cm³/mol. The molecule has 104 heavy (non-hydrogen) atoms. The Morgan fingerprint density at radius 3 is 1.81 bits per heavy atom. The third-order valence-electron chi connectivity index (χ3n) is 18.7. The fourth-order valence-corrected chi connectivity index (χ4v) is 18.1. The summed E-state index contributed by atoms with van der Waals surface area (Å²) in [4.78, 5) is 41.2. The summed E-state index contributed by atoms with van der Waals surface area (Å²) in [6, 6.07) is 37.3. The van der Waals surface area contributed by atoms with E-state index in [0.29, 0.717) is 81.8 Å². The summed E-state index contributed by atoms with van der Waals surface area (Å²) in [5.41, 5.74) is 13.7. The SMILES string of the molecule is C=C(C)C(=O)CCCCN(Cc1cc(S(=O)(=O)N(C)C)ccc1O[B]O)Cc1c2ccccc2c(CN(CCCNC(=O)C(=C)C)Cc2cc(S(=O)(=O)N(C)C)ccc2B(O)O)c2ccc(-c3cc(C)cc(C4=C5C=CC(=[N+](C)C)C=C5[Si](C)(C)c5cc(N(C)C)ccc54)c3)cc12.O=C([O-])C(F)(F)F. The zero-order valence-corrected chi connectivity index (χ0v) is 63.8. The van der Waals surface area contributed by atoms with Crippen molar-refractivity contribution in [1.29, 1.82) is 0 Å². The van der Waals surface area contributed by atoms with Crippen molar-refractivity contribution in [2.45, 2.75) is 102 Å². The topological polar surface area (TPSA) is 244 Å². The number of rotatable bonds is 29. The molecule has 0 fully saturated rings. The second kappa shape index (κ2) is 33.7. The summed E-state index contributed by atoms with van der Waals surface area (Å²) in [5, 5.41) is 50.0. The fraction of sp³-hybridized carbons (Fsp3) is 0.325. The van der Waals surface area contributed by atoms with Crippen molar-refractivity contribution in [2.75, 3.05) is 80.9 Å². The Kier molecular flexibility index (Phi) is 26.2. The predicted octanol–water partition coefficient (Wildman–Crippen LogP) is 8.30. The highest BCUT2D eigenvalue weighted by molar-refractivity contribution is 7.89. The molecule has 0 atom stereocenters. The molecular formula is C77H91B2F3N7O12S2Si. The quantitative estimate of drug-likeness (QED) is 0.0113. The molecule has 1 radical (unpaired) electrons. The summed E-state index contributed by atoms with van der Waals surface area (Å²) in [7, 11) is 2.64. The molecule has 0 saturated carbocycles. The van der Waals surface area contributed by atoms with Crippen LogP contribution < -0.4 is 30.6 Å². The third kappa shape index (κ3) is 18.7. The summed E-state index contributed by atoms with van der Waals surface area (Å²) in [5.74, 6) is -3.06. The van der Waals surface area contributed by atoms with Crippen LogP contribution in [-0.2, 0) is 60.6 Å². The van der Waals surface area contributed by atoms with Crippen molar-refractivity contribution in [3.63, 3.8) is 0 Å². The van der Waals surface area contributed by atoms with Crippen LogP contribution in [0, 0.1) is 6.92 Å². The first-order valence-electron chi connectivity index (χ1n) is 33.8. The second-order valence-electron chi connectivity index (χ2n) is 27.7. The molecule has 1 amide bonds. The molecule has 19 nitrogen and oxygen atoms in total.